The fourth-order valence-corrected chi connectivity index (χ4v) is 5.43. The molecule has 4 rings (SSSR count). The van der Waals surface area contributed by atoms with E-state index >= 15 is 0 Å². The second-order valence-corrected chi connectivity index (χ2v) is 10.6. The predicted molar refractivity (Wildman–Crippen MR) is 151 cm³/mol. The van der Waals surface area contributed by atoms with Gasteiger partial charge in [-0.25, -0.2) is 0 Å². The quantitative estimate of drug-likeness (QED) is 0.318. The van der Waals surface area contributed by atoms with Gasteiger partial charge in [-0.3, -0.25) is 4.79 Å². The molecular weight excluding hydrogens is 498 g/mol. The van der Waals surface area contributed by atoms with Crippen LogP contribution in [0.4, 0.5) is 0 Å². The number of nitrogens with one attached hydrogen (secondary N) is 1. The summed E-state index contributed by atoms with van der Waals surface area (Å²) in [4.78, 5) is 11.8. The third-order valence-electron chi connectivity index (χ3n) is 6.33. The fourth-order valence-electron chi connectivity index (χ4n) is 4.45. The molecule has 1 heterocycles. The van der Waals surface area contributed by atoms with Crippen LogP contribution in [0.2, 0.25) is 0 Å². The molecule has 0 aliphatic carbocycles. The number of hydrogen-bond acceptors (Lipinski definition) is 6. The molecule has 0 bridgehead atoms. The Balaban J connectivity index is 1.62. The van der Waals surface area contributed by atoms with Gasteiger partial charge < -0.3 is 24.3 Å². The highest BCUT2D eigenvalue weighted by Crippen LogP contribution is 2.35. The van der Waals surface area contributed by atoms with Crippen LogP contribution < -0.4 is 5.32 Å². The van der Waals surface area contributed by atoms with Crippen molar-refractivity contribution < 1.29 is 23.7 Å². The third kappa shape index (κ3) is 8.41. The minimum absolute atomic E-state index is 0.112. The van der Waals surface area contributed by atoms with Crippen molar-refractivity contribution in [1.82, 2.24) is 5.32 Å². The van der Waals surface area contributed by atoms with E-state index in [-0.39, 0.29) is 17.4 Å². The number of benzene rings is 3. The van der Waals surface area contributed by atoms with Gasteiger partial charge in [0, 0.05) is 13.5 Å². The van der Waals surface area contributed by atoms with E-state index in [1.54, 1.807) is 11.8 Å². The number of hydrogen-bond donors (Lipinski definition) is 1. The van der Waals surface area contributed by atoms with Gasteiger partial charge in [-0.1, -0.05) is 97.9 Å². The van der Waals surface area contributed by atoms with E-state index in [1.807, 2.05) is 78.9 Å². The standard InChI is InChI=1S/C31H37NO5S/c1-3-38-31-30(36-22-26-17-11-6-12-18-26)29(35-21-25-15-9-5-10-16-25)28(27(37-31)19-32-23(2)33)34-20-24-13-7-4-8-14-24/h4-18,27-31H,3,19-22H2,1-2H3,(H,32,33)/t27-,28-,29+,30-,31+/m1/s1. The summed E-state index contributed by atoms with van der Waals surface area (Å²) in [6, 6.07) is 30.2. The molecule has 6 nitrogen and oxygen atoms in total. The molecule has 0 aromatic heterocycles. The molecule has 1 fully saturated rings. The van der Waals surface area contributed by atoms with Gasteiger partial charge in [0.1, 0.15) is 29.9 Å². The van der Waals surface area contributed by atoms with E-state index in [1.165, 1.54) is 6.92 Å². The average Bonchev–Trinajstić information content (AvgIpc) is 2.95. The molecule has 1 N–H and O–H groups in total. The van der Waals surface area contributed by atoms with E-state index in [2.05, 4.69) is 24.4 Å². The lowest BCUT2D eigenvalue weighted by atomic mass is 9.98. The van der Waals surface area contributed by atoms with E-state index in [4.69, 9.17) is 18.9 Å². The van der Waals surface area contributed by atoms with Crippen molar-refractivity contribution in [2.45, 2.75) is 63.5 Å². The van der Waals surface area contributed by atoms with Gasteiger partial charge in [0.25, 0.3) is 0 Å². The van der Waals surface area contributed by atoms with Crippen LogP contribution >= 0.6 is 11.8 Å². The SMILES string of the molecule is CCS[C@@H]1O[C@H](CNC(C)=O)[C@@H](OCc2ccccc2)[C@H](OCc2ccccc2)[C@H]1OCc1ccccc1. The molecule has 1 aliphatic rings. The average molecular weight is 536 g/mol. The van der Waals surface area contributed by atoms with Crippen molar-refractivity contribution in [3.8, 4) is 0 Å². The van der Waals surface area contributed by atoms with Gasteiger partial charge in [-0.15, -0.1) is 11.8 Å². The Labute approximate surface area is 230 Å². The van der Waals surface area contributed by atoms with Crippen LogP contribution in [0, 0.1) is 0 Å². The molecule has 1 saturated heterocycles. The maximum absolute atomic E-state index is 11.8. The number of rotatable bonds is 13. The molecule has 0 radical (unpaired) electrons. The minimum Gasteiger partial charge on any atom is -0.368 e. The second kappa shape index (κ2) is 15.0. The number of amides is 1. The van der Waals surface area contributed by atoms with Crippen LogP contribution in [0.1, 0.15) is 30.5 Å². The lowest BCUT2D eigenvalue weighted by Gasteiger charge is -2.46. The molecule has 38 heavy (non-hydrogen) atoms. The fraction of sp³-hybridized carbons (Fsp3) is 0.387. The first kappa shape index (κ1) is 28.3. The molecule has 0 saturated carbocycles. The highest BCUT2D eigenvalue weighted by Gasteiger charge is 2.48. The van der Waals surface area contributed by atoms with E-state index in [0.29, 0.717) is 26.4 Å². The monoisotopic (exact) mass is 535 g/mol. The Morgan fingerprint density at radius 1 is 0.737 bits per heavy atom. The van der Waals surface area contributed by atoms with Gasteiger partial charge in [0.15, 0.2) is 0 Å². The normalized spacial score (nSPS) is 23.2. The molecule has 7 heteroatoms. The summed E-state index contributed by atoms with van der Waals surface area (Å²) in [5.41, 5.74) is 2.93. The number of carbonyl (C=O) groups excluding carboxylic acids is 1. The topological polar surface area (TPSA) is 66.0 Å². The Bertz CT molecular complexity index is 1090. The van der Waals surface area contributed by atoms with Crippen molar-refractivity contribution in [2.24, 2.45) is 0 Å². The smallest absolute Gasteiger partial charge is 0.216 e. The van der Waals surface area contributed by atoms with Gasteiger partial charge in [0.2, 0.25) is 5.91 Å². The van der Waals surface area contributed by atoms with Crippen molar-refractivity contribution in [1.29, 1.82) is 0 Å². The summed E-state index contributed by atoms with van der Waals surface area (Å²) in [6.07, 6.45) is -1.65. The summed E-state index contributed by atoms with van der Waals surface area (Å²) in [5, 5.41) is 2.92. The second-order valence-electron chi connectivity index (χ2n) is 9.22. The summed E-state index contributed by atoms with van der Waals surface area (Å²) in [6.45, 7) is 5.18. The molecule has 5 atom stereocenters. The zero-order valence-electron chi connectivity index (χ0n) is 22.0. The maximum atomic E-state index is 11.8. The number of ether oxygens (including phenoxy) is 4. The first-order valence-corrected chi connectivity index (χ1v) is 14.2. The molecule has 1 aliphatic heterocycles. The van der Waals surface area contributed by atoms with Crippen LogP contribution in [-0.4, -0.2) is 48.1 Å². The van der Waals surface area contributed by atoms with Gasteiger partial charge in [0.05, 0.1) is 19.8 Å². The van der Waals surface area contributed by atoms with Crippen LogP contribution in [0.5, 0.6) is 0 Å². The first-order chi connectivity index (χ1) is 18.6. The van der Waals surface area contributed by atoms with Crippen molar-refractivity contribution in [3.05, 3.63) is 108 Å². The Kier molecular flexibility index (Phi) is 11.2. The summed E-state index contributed by atoms with van der Waals surface area (Å²) in [7, 11) is 0. The van der Waals surface area contributed by atoms with Crippen molar-refractivity contribution >= 4 is 17.7 Å². The van der Waals surface area contributed by atoms with Crippen LogP contribution in [0.15, 0.2) is 91.0 Å². The molecule has 3 aromatic carbocycles. The van der Waals surface area contributed by atoms with Crippen LogP contribution in [-0.2, 0) is 43.6 Å². The predicted octanol–water partition coefficient (Wildman–Crippen LogP) is 5.36. The molecule has 3 aromatic rings. The molecule has 202 valence electrons. The summed E-state index contributed by atoms with van der Waals surface area (Å²) >= 11 is 1.68. The zero-order chi connectivity index (χ0) is 26.6. The van der Waals surface area contributed by atoms with Gasteiger partial charge in [-0.05, 0) is 22.4 Å². The van der Waals surface area contributed by atoms with Gasteiger partial charge in [-0.2, -0.15) is 0 Å². The summed E-state index contributed by atoms with van der Waals surface area (Å²) in [5.74, 6) is 0.739. The number of thioether (sulfide) groups is 1. The molecule has 1 amide bonds. The minimum atomic E-state index is -0.458. The largest absolute Gasteiger partial charge is 0.368 e. The lowest BCUT2D eigenvalue weighted by molar-refractivity contribution is -0.245. The Hall–Kier alpha value is -2.68. The van der Waals surface area contributed by atoms with Crippen molar-refractivity contribution in [2.75, 3.05) is 12.3 Å². The zero-order valence-corrected chi connectivity index (χ0v) is 22.8. The van der Waals surface area contributed by atoms with E-state index < -0.39 is 18.3 Å². The highest BCUT2D eigenvalue weighted by atomic mass is 32.2. The lowest BCUT2D eigenvalue weighted by Crippen LogP contribution is -2.61. The summed E-state index contributed by atoms with van der Waals surface area (Å²) < 4.78 is 26.3. The molecule has 0 spiro atoms. The van der Waals surface area contributed by atoms with E-state index in [0.717, 1.165) is 22.4 Å². The highest BCUT2D eigenvalue weighted by molar-refractivity contribution is 7.99. The van der Waals surface area contributed by atoms with Crippen molar-refractivity contribution in [3.63, 3.8) is 0 Å². The van der Waals surface area contributed by atoms with Crippen LogP contribution in [0.3, 0.4) is 0 Å². The number of carbonyl (C=O) groups is 1. The maximum Gasteiger partial charge on any atom is 0.216 e. The molecular formula is C31H37NO5S. The Morgan fingerprint density at radius 2 is 1.18 bits per heavy atom. The van der Waals surface area contributed by atoms with Crippen LogP contribution in [0.25, 0.3) is 0 Å². The first-order valence-electron chi connectivity index (χ1n) is 13.1. The Morgan fingerprint density at radius 3 is 1.63 bits per heavy atom. The third-order valence-corrected chi connectivity index (χ3v) is 7.37. The molecule has 0 unspecified atom stereocenters. The van der Waals surface area contributed by atoms with Gasteiger partial charge >= 0.3 is 0 Å². The van der Waals surface area contributed by atoms with E-state index in [9.17, 15) is 4.79 Å².